The molecule has 3 aromatic rings. The lowest BCUT2D eigenvalue weighted by atomic mass is 10.1. The van der Waals surface area contributed by atoms with Crippen molar-refractivity contribution < 1.29 is 18.0 Å². The Bertz CT molecular complexity index is 1410. The molecule has 0 unspecified atom stereocenters. The number of carbonyl (C=O) groups is 2. The molecule has 214 valence electrons. The number of sulfonamides is 1. The molecule has 0 fully saturated rings. The quantitative estimate of drug-likeness (QED) is 0.304. The van der Waals surface area contributed by atoms with Crippen LogP contribution in [-0.2, 0) is 26.0 Å². The fourth-order valence-corrected chi connectivity index (χ4v) is 5.71. The number of amides is 2. The minimum absolute atomic E-state index is 0.0151. The fraction of sp³-hybridized carbons (Fsp3) is 0.355. The van der Waals surface area contributed by atoms with Crippen molar-refractivity contribution in [1.82, 2.24) is 10.2 Å². The summed E-state index contributed by atoms with van der Waals surface area (Å²) in [6, 6.07) is 19.9. The van der Waals surface area contributed by atoms with Gasteiger partial charge in [0.1, 0.15) is 12.6 Å². The van der Waals surface area contributed by atoms with Crippen LogP contribution in [-0.4, -0.2) is 50.3 Å². The Balaban J connectivity index is 2.00. The molecule has 0 bridgehead atoms. The summed E-state index contributed by atoms with van der Waals surface area (Å²) < 4.78 is 28.9. The summed E-state index contributed by atoms with van der Waals surface area (Å²) in [5.41, 5.74) is 3.27. The zero-order chi connectivity index (χ0) is 29.4. The smallest absolute Gasteiger partial charge is 0.264 e. The van der Waals surface area contributed by atoms with E-state index in [1.165, 1.54) is 29.2 Å². The van der Waals surface area contributed by atoms with Crippen molar-refractivity contribution in [1.29, 1.82) is 0 Å². The molecule has 0 aliphatic heterocycles. The topological polar surface area (TPSA) is 86.8 Å². The Morgan fingerprint density at radius 1 is 0.925 bits per heavy atom. The van der Waals surface area contributed by atoms with E-state index in [0.717, 1.165) is 27.4 Å². The van der Waals surface area contributed by atoms with Gasteiger partial charge in [-0.25, -0.2) is 8.42 Å². The molecular formula is C31H38ClN3O4S. The van der Waals surface area contributed by atoms with Gasteiger partial charge in [0.25, 0.3) is 10.0 Å². The monoisotopic (exact) mass is 583 g/mol. The lowest BCUT2D eigenvalue weighted by molar-refractivity contribution is -0.139. The highest BCUT2D eigenvalue weighted by Crippen LogP contribution is 2.27. The van der Waals surface area contributed by atoms with E-state index < -0.39 is 28.5 Å². The number of hydrogen-bond donors (Lipinski definition) is 1. The van der Waals surface area contributed by atoms with Gasteiger partial charge in [-0.05, 0) is 93.6 Å². The zero-order valence-electron chi connectivity index (χ0n) is 23.7. The molecule has 40 heavy (non-hydrogen) atoms. The summed E-state index contributed by atoms with van der Waals surface area (Å²) in [5, 5.41) is 3.35. The second kappa shape index (κ2) is 13.8. The third-order valence-electron chi connectivity index (χ3n) is 7.11. The molecule has 3 aromatic carbocycles. The summed E-state index contributed by atoms with van der Waals surface area (Å²) >= 11 is 6.01. The standard InChI is InChI=1S/C31H38ClN3O4S/c1-6-24(4)33-31(37)25(5)34(19-18-26-10-8-7-9-11-26)30(36)21-35(28-15-12-22(2)23(3)20-28)40(38,39)29-16-13-27(32)14-17-29/h7-17,20,24-25H,6,18-19,21H2,1-5H3,(H,33,37)/t24-,25-/m1/s1. The molecule has 0 saturated carbocycles. The summed E-state index contributed by atoms with van der Waals surface area (Å²) in [7, 11) is -4.14. The van der Waals surface area contributed by atoms with Crippen LogP contribution in [0.4, 0.5) is 5.69 Å². The molecule has 0 spiro atoms. The van der Waals surface area contributed by atoms with Gasteiger partial charge in [0.05, 0.1) is 10.6 Å². The summed E-state index contributed by atoms with van der Waals surface area (Å²) in [6.45, 7) is 9.15. The molecule has 7 nitrogen and oxygen atoms in total. The van der Waals surface area contributed by atoms with Gasteiger partial charge in [-0.2, -0.15) is 0 Å². The first-order chi connectivity index (χ1) is 18.9. The van der Waals surface area contributed by atoms with Crippen molar-refractivity contribution in [3.63, 3.8) is 0 Å². The van der Waals surface area contributed by atoms with Crippen LogP contribution in [0.15, 0.2) is 77.7 Å². The number of hydrogen-bond acceptors (Lipinski definition) is 4. The van der Waals surface area contributed by atoms with Crippen LogP contribution >= 0.6 is 11.6 Å². The van der Waals surface area contributed by atoms with Crippen molar-refractivity contribution in [2.75, 3.05) is 17.4 Å². The van der Waals surface area contributed by atoms with E-state index in [1.54, 1.807) is 19.1 Å². The Hall–Kier alpha value is -3.36. The number of benzene rings is 3. The maximum Gasteiger partial charge on any atom is 0.264 e. The molecule has 0 radical (unpaired) electrons. The van der Waals surface area contributed by atoms with Gasteiger partial charge >= 0.3 is 0 Å². The third kappa shape index (κ3) is 7.86. The Labute approximate surface area is 243 Å². The van der Waals surface area contributed by atoms with Crippen LogP contribution in [0.1, 0.15) is 43.9 Å². The molecule has 1 N–H and O–H groups in total. The predicted molar refractivity (Wildman–Crippen MR) is 161 cm³/mol. The van der Waals surface area contributed by atoms with E-state index >= 15 is 0 Å². The van der Waals surface area contributed by atoms with Crippen LogP contribution < -0.4 is 9.62 Å². The van der Waals surface area contributed by atoms with Crippen LogP contribution in [0.3, 0.4) is 0 Å². The van der Waals surface area contributed by atoms with Gasteiger partial charge in [-0.1, -0.05) is 54.9 Å². The van der Waals surface area contributed by atoms with Crippen molar-refractivity contribution in [2.24, 2.45) is 0 Å². The van der Waals surface area contributed by atoms with Gasteiger partial charge in [0.15, 0.2) is 0 Å². The Morgan fingerprint density at radius 2 is 1.57 bits per heavy atom. The number of aryl methyl sites for hydroxylation is 2. The van der Waals surface area contributed by atoms with Crippen molar-refractivity contribution in [3.05, 3.63) is 94.5 Å². The number of anilines is 1. The molecule has 2 atom stereocenters. The van der Waals surface area contributed by atoms with E-state index in [-0.39, 0.29) is 23.4 Å². The fourth-order valence-electron chi connectivity index (χ4n) is 4.18. The average molecular weight is 584 g/mol. The molecule has 3 rings (SSSR count). The first-order valence-corrected chi connectivity index (χ1v) is 15.2. The third-order valence-corrected chi connectivity index (χ3v) is 9.15. The molecule has 0 saturated heterocycles. The molecule has 0 aromatic heterocycles. The number of nitrogens with one attached hydrogen (secondary N) is 1. The molecule has 0 aliphatic rings. The maximum absolute atomic E-state index is 14.0. The Morgan fingerprint density at radius 3 is 2.17 bits per heavy atom. The lowest BCUT2D eigenvalue weighted by Gasteiger charge is -2.32. The van der Waals surface area contributed by atoms with Gasteiger partial charge in [-0.3, -0.25) is 13.9 Å². The van der Waals surface area contributed by atoms with Crippen LogP contribution in [0, 0.1) is 13.8 Å². The van der Waals surface area contributed by atoms with Crippen LogP contribution in [0.2, 0.25) is 5.02 Å². The van der Waals surface area contributed by atoms with Crippen LogP contribution in [0.25, 0.3) is 0 Å². The van der Waals surface area contributed by atoms with Crippen LogP contribution in [0.5, 0.6) is 0 Å². The first kappa shape index (κ1) is 31.2. The summed E-state index contributed by atoms with van der Waals surface area (Å²) in [4.78, 5) is 28.5. The second-order valence-corrected chi connectivity index (χ2v) is 12.3. The number of carbonyl (C=O) groups excluding carboxylic acids is 2. The predicted octanol–water partition coefficient (Wildman–Crippen LogP) is 5.53. The lowest BCUT2D eigenvalue weighted by Crippen LogP contribution is -2.53. The van der Waals surface area contributed by atoms with Gasteiger partial charge in [0.2, 0.25) is 11.8 Å². The van der Waals surface area contributed by atoms with E-state index in [4.69, 9.17) is 11.6 Å². The van der Waals surface area contributed by atoms with Gasteiger partial charge in [0, 0.05) is 17.6 Å². The molecule has 9 heteroatoms. The molecule has 2 amide bonds. The minimum atomic E-state index is -4.14. The largest absolute Gasteiger partial charge is 0.352 e. The highest BCUT2D eigenvalue weighted by atomic mass is 35.5. The first-order valence-electron chi connectivity index (χ1n) is 13.4. The molecule has 0 aliphatic carbocycles. The van der Waals surface area contributed by atoms with E-state index in [1.807, 2.05) is 64.1 Å². The van der Waals surface area contributed by atoms with E-state index in [9.17, 15) is 18.0 Å². The SMILES string of the molecule is CC[C@@H](C)NC(=O)[C@@H](C)N(CCc1ccccc1)C(=O)CN(c1ccc(C)c(C)c1)S(=O)(=O)c1ccc(Cl)cc1. The summed E-state index contributed by atoms with van der Waals surface area (Å²) in [6.07, 6.45) is 1.26. The Kier molecular flexibility index (Phi) is 10.8. The zero-order valence-corrected chi connectivity index (χ0v) is 25.3. The molecular weight excluding hydrogens is 546 g/mol. The van der Waals surface area contributed by atoms with Crippen molar-refractivity contribution >= 4 is 39.1 Å². The number of nitrogens with zero attached hydrogens (tertiary/aromatic N) is 2. The van der Waals surface area contributed by atoms with Crippen molar-refractivity contribution in [3.8, 4) is 0 Å². The second-order valence-electron chi connectivity index (χ2n) is 10.1. The van der Waals surface area contributed by atoms with Crippen molar-refractivity contribution in [2.45, 2.75) is 64.4 Å². The average Bonchev–Trinajstić information content (AvgIpc) is 2.93. The number of rotatable bonds is 12. The number of halogens is 1. The maximum atomic E-state index is 14.0. The normalized spacial score (nSPS) is 12.8. The highest BCUT2D eigenvalue weighted by molar-refractivity contribution is 7.92. The summed E-state index contributed by atoms with van der Waals surface area (Å²) in [5.74, 6) is -0.757. The highest BCUT2D eigenvalue weighted by Gasteiger charge is 2.32. The van der Waals surface area contributed by atoms with Gasteiger partial charge < -0.3 is 10.2 Å². The minimum Gasteiger partial charge on any atom is -0.352 e. The van der Waals surface area contributed by atoms with E-state index in [2.05, 4.69) is 5.32 Å². The van der Waals surface area contributed by atoms with E-state index in [0.29, 0.717) is 17.1 Å². The molecule has 0 heterocycles. The van der Waals surface area contributed by atoms with Gasteiger partial charge in [-0.15, -0.1) is 0 Å².